The fraction of sp³-hybridized carbons (Fsp3) is 0.533. The number of benzene rings is 1. The first-order chi connectivity index (χ1) is 9.60. The third-order valence-corrected chi connectivity index (χ3v) is 5.43. The number of amides is 1. The van der Waals surface area contributed by atoms with Gasteiger partial charge in [-0.3, -0.25) is 4.79 Å². The molecule has 0 unspecified atom stereocenters. The van der Waals surface area contributed by atoms with Crippen molar-refractivity contribution in [2.75, 3.05) is 12.1 Å². The van der Waals surface area contributed by atoms with Crippen LogP contribution < -0.4 is 5.32 Å². The van der Waals surface area contributed by atoms with E-state index < -0.39 is 0 Å². The zero-order chi connectivity index (χ0) is 14.6. The maximum Gasteiger partial charge on any atom is 0.253 e. The lowest BCUT2D eigenvalue weighted by Gasteiger charge is -2.36. The van der Waals surface area contributed by atoms with Gasteiger partial charge in [0.2, 0.25) is 0 Å². The summed E-state index contributed by atoms with van der Waals surface area (Å²) in [4.78, 5) is 13.5. The molecule has 1 aromatic rings. The normalized spacial score (nSPS) is 17.8. The van der Waals surface area contributed by atoms with Crippen molar-refractivity contribution in [3.05, 3.63) is 28.8 Å². The molecule has 20 heavy (non-hydrogen) atoms. The second-order valence-electron chi connectivity index (χ2n) is 5.27. The Morgan fingerprint density at radius 2 is 2.05 bits per heavy atom. The Labute approximate surface area is 134 Å². The SMILES string of the molecule is CSc1ccc(Cl)c(C(=O)NC2(CCl)CCCCC2)c1. The van der Waals surface area contributed by atoms with E-state index in [1.54, 1.807) is 17.8 Å². The highest BCUT2D eigenvalue weighted by Crippen LogP contribution is 2.30. The largest absolute Gasteiger partial charge is 0.345 e. The van der Waals surface area contributed by atoms with E-state index in [0.29, 0.717) is 16.5 Å². The van der Waals surface area contributed by atoms with Crippen molar-refractivity contribution < 1.29 is 4.79 Å². The number of alkyl halides is 1. The van der Waals surface area contributed by atoms with E-state index >= 15 is 0 Å². The van der Waals surface area contributed by atoms with Crippen molar-refractivity contribution in [3.8, 4) is 0 Å². The van der Waals surface area contributed by atoms with Gasteiger partial charge in [0, 0.05) is 10.8 Å². The van der Waals surface area contributed by atoms with Gasteiger partial charge in [0.25, 0.3) is 5.91 Å². The molecule has 1 N–H and O–H groups in total. The molecule has 0 aromatic heterocycles. The van der Waals surface area contributed by atoms with Crippen LogP contribution in [0.3, 0.4) is 0 Å². The molecule has 1 aromatic carbocycles. The van der Waals surface area contributed by atoms with E-state index in [2.05, 4.69) is 5.32 Å². The quantitative estimate of drug-likeness (QED) is 0.638. The van der Waals surface area contributed by atoms with Gasteiger partial charge in [-0.25, -0.2) is 0 Å². The van der Waals surface area contributed by atoms with E-state index in [1.807, 2.05) is 18.4 Å². The van der Waals surface area contributed by atoms with Gasteiger partial charge in [-0.2, -0.15) is 0 Å². The lowest BCUT2D eigenvalue weighted by atomic mass is 9.83. The fourth-order valence-electron chi connectivity index (χ4n) is 2.63. The van der Waals surface area contributed by atoms with Crippen molar-refractivity contribution in [2.24, 2.45) is 0 Å². The first-order valence-electron chi connectivity index (χ1n) is 6.82. The van der Waals surface area contributed by atoms with E-state index in [0.717, 1.165) is 30.6 Å². The van der Waals surface area contributed by atoms with Gasteiger partial charge >= 0.3 is 0 Å². The van der Waals surface area contributed by atoms with Crippen molar-refractivity contribution >= 4 is 40.9 Å². The number of rotatable bonds is 4. The van der Waals surface area contributed by atoms with Crippen LogP contribution in [0.4, 0.5) is 0 Å². The van der Waals surface area contributed by atoms with Crippen LogP contribution >= 0.6 is 35.0 Å². The van der Waals surface area contributed by atoms with Gasteiger partial charge in [-0.15, -0.1) is 23.4 Å². The molecule has 1 fully saturated rings. The molecule has 0 radical (unpaired) electrons. The monoisotopic (exact) mass is 331 g/mol. The molecule has 1 aliphatic rings. The summed E-state index contributed by atoms with van der Waals surface area (Å²) in [7, 11) is 0. The first kappa shape index (κ1) is 16.0. The summed E-state index contributed by atoms with van der Waals surface area (Å²) in [5, 5.41) is 3.61. The van der Waals surface area contributed by atoms with E-state index in [9.17, 15) is 4.79 Å². The van der Waals surface area contributed by atoms with Crippen LogP contribution in [0.25, 0.3) is 0 Å². The van der Waals surface area contributed by atoms with Crippen LogP contribution in [0, 0.1) is 0 Å². The molecular weight excluding hydrogens is 313 g/mol. The van der Waals surface area contributed by atoms with Crippen LogP contribution in [0.15, 0.2) is 23.1 Å². The molecule has 0 heterocycles. The Hall–Kier alpha value is -0.380. The highest BCUT2D eigenvalue weighted by Gasteiger charge is 2.33. The third kappa shape index (κ3) is 3.63. The standard InChI is InChI=1S/C15H19Cl2NOS/c1-20-11-5-6-13(17)12(9-11)14(19)18-15(10-16)7-3-2-4-8-15/h5-6,9H,2-4,7-8,10H2,1H3,(H,18,19). The molecule has 0 bridgehead atoms. The Kier molecular flexibility index (Phi) is 5.65. The molecule has 1 aliphatic carbocycles. The summed E-state index contributed by atoms with van der Waals surface area (Å²) in [6, 6.07) is 5.53. The summed E-state index contributed by atoms with van der Waals surface area (Å²) in [6.07, 6.45) is 7.32. The second-order valence-corrected chi connectivity index (χ2v) is 6.83. The maximum atomic E-state index is 12.5. The first-order valence-corrected chi connectivity index (χ1v) is 8.96. The number of carbonyl (C=O) groups excluding carboxylic acids is 1. The number of thioether (sulfide) groups is 1. The Morgan fingerprint density at radius 1 is 1.35 bits per heavy atom. The fourth-order valence-corrected chi connectivity index (χ4v) is 3.61. The molecule has 110 valence electrons. The zero-order valence-corrected chi connectivity index (χ0v) is 13.9. The molecule has 1 saturated carbocycles. The number of carbonyl (C=O) groups is 1. The van der Waals surface area contributed by atoms with Gasteiger partial charge in [0.1, 0.15) is 0 Å². The molecule has 0 spiro atoms. The van der Waals surface area contributed by atoms with Crippen LogP contribution in [0.1, 0.15) is 42.5 Å². The molecule has 0 saturated heterocycles. The summed E-state index contributed by atoms with van der Waals surface area (Å²) < 4.78 is 0. The second kappa shape index (κ2) is 7.06. The van der Waals surface area contributed by atoms with Crippen LogP contribution in [0.2, 0.25) is 5.02 Å². The number of nitrogens with one attached hydrogen (secondary N) is 1. The molecule has 2 rings (SSSR count). The van der Waals surface area contributed by atoms with E-state index in [1.165, 1.54) is 6.42 Å². The van der Waals surface area contributed by atoms with Gasteiger partial charge in [-0.1, -0.05) is 30.9 Å². The molecule has 1 amide bonds. The lowest BCUT2D eigenvalue weighted by molar-refractivity contribution is 0.0884. The van der Waals surface area contributed by atoms with Crippen LogP contribution in [-0.2, 0) is 0 Å². The Morgan fingerprint density at radius 3 is 2.65 bits per heavy atom. The highest BCUT2D eigenvalue weighted by atomic mass is 35.5. The summed E-state index contributed by atoms with van der Waals surface area (Å²) in [5.74, 6) is 0.340. The minimum absolute atomic E-state index is 0.117. The van der Waals surface area contributed by atoms with Gasteiger partial charge in [-0.05, 0) is 37.3 Å². The molecular formula is C15H19Cl2NOS. The van der Waals surface area contributed by atoms with Crippen molar-refractivity contribution in [1.82, 2.24) is 5.32 Å². The minimum Gasteiger partial charge on any atom is -0.345 e. The predicted octanol–water partition coefficient (Wildman–Crippen LogP) is 4.73. The van der Waals surface area contributed by atoms with Crippen LogP contribution in [0.5, 0.6) is 0 Å². The summed E-state index contributed by atoms with van der Waals surface area (Å²) in [6.45, 7) is 0. The topological polar surface area (TPSA) is 29.1 Å². The average molecular weight is 332 g/mol. The molecule has 5 heteroatoms. The van der Waals surface area contributed by atoms with Crippen molar-refractivity contribution in [2.45, 2.75) is 42.5 Å². The third-order valence-electron chi connectivity index (χ3n) is 3.86. The summed E-state index contributed by atoms with van der Waals surface area (Å²) >= 11 is 13.9. The smallest absolute Gasteiger partial charge is 0.253 e. The molecule has 0 aliphatic heterocycles. The Balaban J connectivity index is 2.18. The zero-order valence-electron chi connectivity index (χ0n) is 11.5. The Bertz CT molecular complexity index is 487. The van der Waals surface area contributed by atoms with Crippen molar-refractivity contribution in [1.29, 1.82) is 0 Å². The number of halogens is 2. The number of hydrogen-bond donors (Lipinski definition) is 1. The summed E-state index contributed by atoms with van der Waals surface area (Å²) in [5.41, 5.74) is 0.267. The average Bonchev–Trinajstić information content (AvgIpc) is 2.48. The van der Waals surface area contributed by atoms with E-state index in [-0.39, 0.29) is 11.4 Å². The molecule has 2 nitrogen and oxygen atoms in total. The predicted molar refractivity (Wildman–Crippen MR) is 87.2 cm³/mol. The van der Waals surface area contributed by atoms with Crippen molar-refractivity contribution in [3.63, 3.8) is 0 Å². The van der Waals surface area contributed by atoms with Crippen LogP contribution in [-0.4, -0.2) is 23.6 Å². The van der Waals surface area contributed by atoms with E-state index in [4.69, 9.17) is 23.2 Å². The maximum absolute atomic E-state index is 12.5. The molecule has 0 atom stereocenters. The van der Waals surface area contributed by atoms with Gasteiger partial charge in [0.15, 0.2) is 0 Å². The number of hydrogen-bond acceptors (Lipinski definition) is 2. The highest BCUT2D eigenvalue weighted by molar-refractivity contribution is 7.98. The van der Waals surface area contributed by atoms with Gasteiger partial charge in [0.05, 0.1) is 16.1 Å². The minimum atomic E-state index is -0.268. The lowest BCUT2D eigenvalue weighted by Crippen LogP contribution is -2.51. The van der Waals surface area contributed by atoms with Gasteiger partial charge < -0.3 is 5.32 Å².